The molecule has 2 aromatic heterocycles. The van der Waals surface area contributed by atoms with Crippen molar-refractivity contribution >= 4 is 35.0 Å². The smallest absolute Gasteiger partial charge is 0.293 e. The summed E-state index contributed by atoms with van der Waals surface area (Å²) in [5.41, 5.74) is -0.227. The van der Waals surface area contributed by atoms with Crippen molar-refractivity contribution in [1.82, 2.24) is 25.4 Å². The first-order valence-electron chi connectivity index (χ1n) is 11.8. The molecule has 2 N–H and O–H groups in total. The summed E-state index contributed by atoms with van der Waals surface area (Å²) in [6, 6.07) is 9.76. The molecule has 1 aliphatic heterocycles. The molecule has 9 nitrogen and oxygen atoms in total. The molecule has 39 heavy (non-hydrogen) atoms. The predicted octanol–water partition coefficient (Wildman–Crippen LogP) is 4.66. The van der Waals surface area contributed by atoms with Crippen LogP contribution in [0.4, 0.5) is 13.2 Å². The van der Waals surface area contributed by atoms with Crippen LogP contribution < -0.4 is 10.1 Å². The number of alkyl halides is 3. The quantitative estimate of drug-likeness (QED) is 0.378. The Balaban J connectivity index is 1.46. The van der Waals surface area contributed by atoms with Gasteiger partial charge in [-0.15, -0.1) is 0 Å². The van der Waals surface area contributed by atoms with Crippen molar-refractivity contribution in [3.63, 3.8) is 0 Å². The number of halogens is 5. The Morgan fingerprint density at radius 3 is 2.59 bits per heavy atom. The van der Waals surface area contributed by atoms with Gasteiger partial charge in [-0.1, -0.05) is 35.3 Å². The number of amides is 2. The van der Waals surface area contributed by atoms with Crippen molar-refractivity contribution in [3.05, 3.63) is 63.9 Å². The number of piperidine rings is 1. The molecule has 0 bridgehead atoms. The van der Waals surface area contributed by atoms with Crippen LogP contribution in [0.3, 0.4) is 0 Å². The molecule has 1 aromatic carbocycles. The standard InChI is InChI=1S/C25H24Cl2F3N5O4/c1-38-20-10-16(17(27)13-31-20)18-11-19(34-33-18)23(36)35-7-5-25(6-8-35,39-22(30)21(28)29)24(37)32-12-14-3-2-4-15(26)9-14/h2-4,9-11,13,21-22H,5-8,12H2,1H3,(H,32,37)(H,33,34). The van der Waals surface area contributed by atoms with E-state index < -0.39 is 30.2 Å². The number of nitrogens with zero attached hydrogens (tertiary/aromatic N) is 3. The summed E-state index contributed by atoms with van der Waals surface area (Å²) in [4.78, 5) is 31.6. The summed E-state index contributed by atoms with van der Waals surface area (Å²) in [6.45, 7) is -0.103. The van der Waals surface area contributed by atoms with E-state index in [1.165, 1.54) is 24.3 Å². The summed E-state index contributed by atoms with van der Waals surface area (Å²) >= 11 is 12.2. The third-order valence-corrected chi connectivity index (χ3v) is 6.81. The number of rotatable bonds is 9. The van der Waals surface area contributed by atoms with Gasteiger partial charge in [-0.2, -0.15) is 5.10 Å². The van der Waals surface area contributed by atoms with Crippen LogP contribution in [-0.4, -0.2) is 70.5 Å². The van der Waals surface area contributed by atoms with E-state index in [-0.39, 0.29) is 38.2 Å². The molecule has 3 aromatic rings. The van der Waals surface area contributed by atoms with Gasteiger partial charge in [0.2, 0.25) is 5.88 Å². The molecule has 0 radical (unpaired) electrons. The molecule has 14 heteroatoms. The second kappa shape index (κ2) is 12.2. The molecule has 0 spiro atoms. The van der Waals surface area contributed by atoms with Crippen molar-refractivity contribution in [3.8, 4) is 17.1 Å². The highest BCUT2D eigenvalue weighted by atomic mass is 35.5. The zero-order valence-corrected chi connectivity index (χ0v) is 22.1. The number of hydrogen-bond donors (Lipinski definition) is 2. The van der Waals surface area contributed by atoms with Crippen molar-refractivity contribution < 1.29 is 32.2 Å². The molecule has 2 amide bonds. The summed E-state index contributed by atoms with van der Waals surface area (Å²) in [7, 11) is 1.45. The van der Waals surface area contributed by atoms with Crippen molar-refractivity contribution in [2.75, 3.05) is 20.2 Å². The van der Waals surface area contributed by atoms with Crippen LogP contribution in [0.5, 0.6) is 5.88 Å². The van der Waals surface area contributed by atoms with Crippen LogP contribution in [0.2, 0.25) is 10.0 Å². The fourth-order valence-corrected chi connectivity index (χ4v) is 4.61. The highest BCUT2D eigenvalue weighted by Crippen LogP contribution is 2.32. The predicted molar refractivity (Wildman–Crippen MR) is 137 cm³/mol. The van der Waals surface area contributed by atoms with Crippen LogP contribution in [0.25, 0.3) is 11.3 Å². The fraction of sp³-hybridized carbons (Fsp3) is 0.360. The number of methoxy groups -OCH3 is 1. The third-order valence-electron chi connectivity index (χ3n) is 6.28. The molecule has 4 rings (SSSR count). The van der Waals surface area contributed by atoms with Crippen LogP contribution in [0.1, 0.15) is 28.9 Å². The molecular weight excluding hydrogens is 562 g/mol. The minimum absolute atomic E-state index is 0.0250. The normalized spacial score (nSPS) is 15.7. The summed E-state index contributed by atoms with van der Waals surface area (Å²) in [5, 5.41) is 10.2. The average molecular weight is 586 g/mol. The number of aromatic amines is 1. The lowest BCUT2D eigenvalue weighted by Gasteiger charge is -2.40. The van der Waals surface area contributed by atoms with Gasteiger partial charge in [0.25, 0.3) is 24.6 Å². The maximum Gasteiger partial charge on any atom is 0.293 e. The summed E-state index contributed by atoms with van der Waals surface area (Å²) in [6.07, 6.45) is -5.43. The molecule has 0 saturated carbocycles. The molecule has 1 atom stereocenters. The Labute approximate surface area is 231 Å². The monoisotopic (exact) mass is 585 g/mol. The van der Waals surface area contributed by atoms with E-state index in [9.17, 15) is 22.8 Å². The highest BCUT2D eigenvalue weighted by molar-refractivity contribution is 6.33. The number of H-pyrrole nitrogens is 1. The van der Waals surface area contributed by atoms with Gasteiger partial charge in [-0.3, -0.25) is 14.7 Å². The fourth-order valence-electron chi connectivity index (χ4n) is 4.20. The van der Waals surface area contributed by atoms with Crippen molar-refractivity contribution in [1.29, 1.82) is 0 Å². The SMILES string of the molecule is COc1cc(-c2cc(C(=O)N3CCC(OC(F)C(F)F)(C(=O)NCc4cccc(Cl)c4)CC3)n[nH]2)c(Cl)cn1. The lowest BCUT2D eigenvalue weighted by Crippen LogP contribution is -2.57. The Kier molecular flexibility index (Phi) is 8.98. The average Bonchev–Trinajstić information content (AvgIpc) is 3.42. The first kappa shape index (κ1) is 28.7. The van der Waals surface area contributed by atoms with Gasteiger partial charge in [0.15, 0.2) is 11.3 Å². The van der Waals surface area contributed by atoms with Crippen molar-refractivity contribution in [2.45, 2.75) is 37.8 Å². The first-order chi connectivity index (χ1) is 18.6. The lowest BCUT2D eigenvalue weighted by molar-refractivity contribution is -0.212. The zero-order chi connectivity index (χ0) is 28.2. The number of benzene rings is 1. The van der Waals surface area contributed by atoms with Gasteiger partial charge in [-0.25, -0.2) is 18.2 Å². The van der Waals surface area contributed by atoms with Gasteiger partial charge in [-0.05, 0) is 23.8 Å². The topological polar surface area (TPSA) is 109 Å². The number of aromatic nitrogens is 3. The van der Waals surface area contributed by atoms with Gasteiger partial charge in [0, 0.05) is 49.1 Å². The number of likely N-dealkylation sites (tertiary alicyclic amines) is 1. The number of hydrogen-bond acceptors (Lipinski definition) is 6. The van der Waals surface area contributed by atoms with Gasteiger partial charge in [0.1, 0.15) is 0 Å². The van der Waals surface area contributed by atoms with E-state index in [1.54, 1.807) is 30.3 Å². The number of carbonyl (C=O) groups is 2. The lowest BCUT2D eigenvalue weighted by atomic mass is 9.89. The van der Waals surface area contributed by atoms with E-state index in [2.05, 4.69) is 20.5 Å². The van der Waals surface area contributed by atoms with E-state index >= 15 is 0 Å². The number of carbonyl (C=O) groups excluding carboxylic acids is 2. The summed E-state index contributed by atoms with van der Waals surface area (Å²) in [5.74, 6) is -0.928. The Hall–Kier alpha value is -3.35. The molecule has 0 aliphatic carbocycles. The second-order valence-electron chi connectivity index (χ2n) is 8.78. The number of ether oxygens (including phenoxy) is 2. The maximum atomic E-state index is 14.0. The molecule has 1 aliphatic rings. The molecular formula is C25H24Cl2F3N5O4. The molecule has 3 heterocycles. The minimum Gasteiger partial charge on any atom is -0.481 e. The van der Waals surface area contributed by atoms with E-state index in [0.29, 0.717) is 32.7 Å². The largest absolute Gasteiger partial charge is 0.481 e. The number of nitrogens with one attached hydrogen (secondary N) is 2. The highest BCUT2D eigenvalue weighted by Gasteiger charge is 2.47. The second-order valence-corrected chi connectivity index (χ2v) is 9.62. The first-order valence-corrected chi connectivity index (χ1v) is 12.5. The van der Waals surface area contributed by atoms with E-state index in [0.717, 1.165) is 0 Å². The third kappa shape index (κ3) is 6.63. The number of pyridine rings is 1. The van der Waals surface area contributed by atoms with Crippen molar-refractivity contribution in [2.24, 2.45) is 0 Å². The maximum absolute atomic E-state index is 14.0. The molecule has 1 unspecified atom stereocenters. The van der Waals surface area contributed by atoms with Gasteiger partial charge < -0.3 is 19.7 Å². The Bertz CT molecular complexity index is 1330. The van der Waals surface area contributed by atoms with Crippen LogP contribution in [0, 0.1) is 0 Å². The molecule has 1 fully saturated rings. The Morgan fingerprint density at radius 1 is 1.18 bits per heavy atom. The summed E-state index contributed by atoms with van der Waals surface area (Å²) < 4.78 is 50.1. The zero-order valence-electron chi connectivity index (χ0n) is 20.6. The van der Waals surface area contributed by atoms with E-state index in [1.807, 2.05) is 0 Å². The Morgan fingerprint density at radius 2 is 1.92 bits per heavy atom. The molecule has 1 saturated heterocycles. The molecule has 208 valence electrons. The van der Waals surface area contributed by atoms with Gasteiger partial charge >= 0.3 is 0 Å². The van der Waals surface area contributed by atoms with Crippen LogP contribution >= 0.6 is 23.2 Å². The van der Waals surface area contributed by atoms with Gasteiger partial charge in [0.05, 0.1) is 24.0 Å². The van der Waals surface area contributed by atoms with Crippen LogP contribution in [0.15, 0.2) is 42.6 Å². The van der Waals surface area contributed by atoms with E-state index in [4.69, 9.17) is 32.7 Å². The minimum atomic E-state index is -3.44. The van der Waals surface area contributed by atoms with Crippen LogP contribution in [-0.2, 0) is 16.1 Å².